The third kappa shape index (κ3) is 3.29. The Morgan fingerprint density at radius 1 is 1.50 bits per heavy atom. The highest BCUT2D eigenvalue weighted by atomic mass is 16.2. The van der Waals surface area contributed by atoms with Crippen molar-refractivity contribution in [1.82, 2.24) is 20.1 Å². The van der Waals surface area contributed by atoms with Gasteiger partial charge in [0.25, 0.3) is 0 Å². The number of nitriles is 1. The van der Waals surface area contributed by atoms with Gasteiger partial charge in [0.2, 0.25) is 5.91 Å². The van der Waals surface area contributed by atoms with Gasteiger partial charge in [-0.05, 0) is 18.8 Å². The van der Waals surface area contributed by atoms with E-state index in [0.717, 1.165) is 25.7 Å². The fraction of sp³-hybridized carbons (Fsp3) is 0.667. The van der Waals surface area contributed by atoms with Gasteiger partial charge in [-0.15, -0.1) is 0 Å². The van der Waals surface area contributed by atoms with Crippen molar-refractivity contribution in [2.75, 3.05) is 0 Å². The van der Waals surface area contributed by atoms with Gasteiger partial charge in [0.05, 0.1) is 6.07 Å². The van der Waals surface area contributed by atoms with E-state index in [2.05, 4.69) is 21.5 Å². The zero-order valence-corrected chi connectivity index (χ0v) is 10.2. The molecule has 1 heterocycles. The second-order valence-corrected chi connectivity index (χ2v) is 4.67. The molecule has 1 N–H and O–H groups in total. The average molecular weight is 247 g/mol. The summed E-state index contributed by atoms with van der Waals surface area (Å²) in [4.78, 5) is 15.5. The number of aromatic nitrogens is 3. The van der Waals surface area contributed by atoms with Crippen molar-refractivity contribution in [3.05, 3.63) is 12.7 Å². The van der Waals surface area contributed by atoms with Crippen LogP contribution in [-0.2, 0) is 11.3 Å². The van der Waals surface area contributed by atoms with E-state index in [1.165, 1.54) is 23.8 Å². The highest BCUT2D eigenvalue weighted by molar-refractivity contribution is 5.76. The summed E-state index contributed by atoms with van der Waals surface area (Å²) in [5.74, 6) is 0.112. The Morgan fingerprint density at radius 2 is 2.28 bits per heavy atom. The van der Waals surface area contributed by atoms with Gasteiger partial charge in [0.15, 0.2) is 0 Å². The number of carbonyl (C=O) groups excluding carboxylic acids is 1. The van der Waals surface area contributed by atoms with Crippen molar-refractivity contribution in [1.29, 1.82) is 5.26 Å². The number of rotatable bonds is 4. The van der Waals surface area contributed by atoms with Crippen LogP contribution in [0.5, 0.6) is 0 Å². The topological polar surface area (TPSA) is 83.6 Å². The van der Waals surface area contributed by atoms with Crippen molar-refractivity contribution >= 4 is 5.91 Å². The number of carbonyl (C=O) groups is 1. The third-order valence-electron chi connectivity index (χ3n) is 3.35. The number of nitrogens with one attached hydrogen (secondary N) is 1. The van der Waals surface area contributed by atoms with Crippen LogP contribution in [-0.4, -0.2) is 26.7 Å². The highest BCUT2D eigenvalue weighted by Gasteiger charge is 2.24. The standard InChI is InChI=1S/C12H17N5O/c13-6-11(10-4-2-1-3-5-10)16-12(18)7-17-9-14-8-15-17/h8-11H,1-5,7H2,(H,16,18). The van der Waals surface area contributed by atoms with Crippen LogP contribution < -0.4 is 5.32 Å². The van der Waals surface area contributed by atoms with E-state index in [1.807, 2.05) is 0 Å². The second kappa shape index (κ2) is 6.15. The van der Waals surface area contributed by atoms with Crippen LogP contribution in [0.25, 0.3) is 0 Å². The molecule has 18 heavy (non-hydrogen) atoms. The van der Waals surface area contributed by atoms with Crippen LogP contribution in [0, 0.1) is 17.2 Å². The predicted octanol–water partition coefficient (Wildman–Crippen LogP) is 0.867. The fourth-order valence-corrected chi connectivity index (χ4v) is 2.40. The molecule has 1 fully saturated rings. The lowest BCUT2D eigenvalue weighted by molar-refractivity contribution is -0.122. The normalized spacial score (nSPS) is 17.9. The molecule has 1 aliphatic carbocycles. The van der Waals surface area contributed by atoms with E-state index in [4.69, 9.17) is 5.26 Å². The fourth-order valence-electron chi connectivity index (χ4n) is 2.40. The molecular weight excluding hydrogens is 230 g/mol. The van der Waals surface area contributed by atoms with Crippen molar-refractivity contribution in [2.45, 2.75) is 44.7 Å². The van der Waals surface area contributed by atoms with Gasteiger partial charge in [-0.2, -0.15) is 10.4 Å². The predicted molar refractivity (Wildman–Crippen MR) is 64.1 cm³/mol. The third-order valence-corrected chi connectivity index (χ3v) is 3.35. The van der Waals surface area contributed by atoms with E-state index in [1.54, 1.807) is 0 Å². The first kappa shape index (κ1) is 12.6. The van der Waals surface area contributed by atoms with Gasteiger partial charge in [-0.25, -0.2) is 9.67 Å². The molecule has 6 heteroatoms. The van der Waals surface area contributed by atoms with Gasteiger partial charge < -0.3 is 5.32 Å². The first-order chi connectivity index (χ1) is 8.79. The van der Waals surface area contributed by atoms with Crippen molar-refractivity contribution in [2.24, 2.45) is 5.92 Å². The van der Waals surface area contributed by atoms with Gasteiger partial charge in [0.1, 0.15) is 25.2 Å². The summed E-state index contributed by atoms with van der Waals surface area (Å²) in [7, 11) is 0. The molecule has 0 spiro atoms. The molecule has 1 amide bonds. The summed E-state index contributed by atoms with van der Waals surface area (Å²) in [6.45, 7) is 0.116. The molecular formula is C12H17N5O. The lowest BCUT2D eigenvalue weighted by atomic mass is 9.84. The van der Waals surface area contributed by atoms with E-state index in [0.29, 0.717) is 5.92 Å². The van der Waals surface area contributed by atoms with E-state index in [-0.39, 0.29) is 18.5 Å². The average Bonchev–Trinajstić information content (AvgIpc) is 2.90. The molecule has 0 saturated heterocycles. The number of nitrogens with zero attached hydrogens (tertiary/aromatic N) is 4. The van der Waals surface area contributed by atoms with E-state index >= 15 is 0 Å². The molecule has 2 rings (SSSR count). The Labute approximate surface area is 106 Å². The van der Waals surface area contributed by atoms with Crippen molar-refractivity contribution in [3.8, 4) is 6.07 Å². The Hall–Kier alpha value is -1.90. The van der Waals surface area contributed by atoms with Gasteiger partial charge in [-0.1, -0.05) is 19.3 Å². The minimum absolute atomic E-state index is 0.116. The Morgan fingerprint density at radius 3 is 2.89 bits per heavy atom. The molecule has 1 saturated carbocycles. The highest BCUT2D eigenvalue weighted by Crippen LogP contribution is 2.26. The molecule has 1 aromatic rings. The maximum Gasteiger partial charge on any atom is 0.242 e. The van der Waals surface area contributed by atoms with Crippen LogP contribution in [0.3, 0.4) is 0 Å². The maximum absolute atomic E-state index is 11.8. The molecule has 0 bridgehead atoms. The van der Waals surface area contributed by atoms with Crippen molar-refractivity contribution in [3.63, 3.8) is 0 Å². The lowest BCUT2D eigenvalue weighted by Gasteiger charge is -2.26. The number of amides is 1. The molecule has 96 valence electrons. The molecule has 1 aliphatic rings. The quantitative estimate of drug-likeness (QED) is 0.855. The van der Waals surface area contributed by atoms with Gasteiger partial charge in [-0.3, -0.25) is 4.79 Å². The monoisotopic (exact) mass is 247 g/mol. The summed E-state index contributed by atoms with van der Waals surface area (Å²) in [5, 5.41) is 15.8. The minimum atomic E-state index is -0.374. The molecule has 0 aromatic carbocycles. The largest absolute Gasteiger partial charge is 0.338 e. The summed E-state index contributed by atoms with van der Waals surface area (Å²) >= 11 is 0. The first-order valence-electron chi connectivity index (χ1n) is 6.31. The number of hydrogen-bond donors (Lipinski definition) is 1. The second-order valence-electron chi connectivity index (χ2n) is 4.67. The molecule has 1 aromatic heterocycles. The van der Waals surface area contributed by atoms with E-state index in [9.17, 15) is 4.79 Å². The first-order valence-corrected chi connectivity index (χ1v) is 6.31. The van der Waals surface area contributed by atoms with E-state index < -0.39 is 0 Å². The lowest BCUT2D eigenvalue weighted by Crippen LogP contribution is -2.41. The smallest absolute Gasteiger partial charge is 0.242 e. The summed E-state index contributed by atoms with van der Waals surface area (Å²) in [5.41, 5.74) is 0. The number of hydrogen-bond acceptors (Lipinski definition) is 4. The Balaban J connectivity index is 1.86. The van der Waals surface area contributed by atoms with Gasteiger partial charge >= 0.3 is 0 Å². The molecule has 0 aliphatic heterocycles. The molecule has 1 atom stereocenters. The van der Waals surface area contributed by atoms with Crippen LogP contribution in [0.15, 0.2) is 12.7 Å². The van der Waals surface area contributed by atoms with Crippen LogP contribution in [0.1, 0.15) is 32.1 Å². The zero-order chi connectivity index (χ0) is 12.8. The van der Waals surface area contributed by atoms with Crippen LogP contribution in [0.4, 0.5) is 0 Å². The van der Waals surface area contributed by atoms with Gasteiger partial charge in [0, 0.05) is 0 Å². The SMILES string of the molecule is N#CC(NC(=O)Cn1cncn1)C1CCCCC1. The summed E-state index contributed by atoms with van der Waals surface area (Å²) in [6.07, 6.45) is 8.48. The summed E-state index contributed by atoms with van der Waals surface area (Å²) in [6, 6.07) is 1.83. The van der Waals surface area contributed by atoms with Crippen LogP contribution >= 0.6 is 0 Å². The maximum atomic E-state index is 11.8. The Kier molecular flexibility index (Phi) is 4.29. The molecule has 1 unspecified atom stereocenters. The molecule has 0 radical (unpaired) electrons. The van der Waals surface area contributed by atoms with Crippen LogP contribution in [0.2, 0.25) is 0 Å². The summed E-state index contributed by atoms with van der Waals surface area (Å²) < 4.78 is 1.45. The minimum Gasteiger partial charge on any atom is -0.338 e. The zero-order valence-electron chi connectivity index (χ0n) is 10.2. The van der Waals surface area contributed by atoms with Crippen molar-refractivity contribution < 1.29 is 4.79 Å². The molecule has 6 nitrogen and oxygen atoms in total. The Bertz CT molecular complexity index is 416.